The van der Waals surface area contributed by atoms with Crippen LogP contribution < -0.4 is 5.32 Å². The van der Waals surface area contributed by atoms with Crippen molar-refractivity contribution in [3.63, 3.8) is 0 Å². The van der Waals surface area contributed by atoms with Crippen LogP contribution in [0.4, 0.5) is 0 Å². The molecular formula is C45H42N2O7S. The minimum Gasteiger partial charge on any atom is -0.453 e. The topological polar surface area (TPSA) is 120 Å². The second-order valence-corrected chi connectivity index (χ2v) is 14.3. The smallest absolute Gasteiger partial charge is 0.303 e. The number of rotatable bonds is 13. The van der Waals surface area contributed by atoms with Gasteiger partial charge in [-0.25, -0.2) is 4.98 Å². The Hall–Kier alpha value is -5.52. The Morgan fingerprint density at radius 2 is 1.47 bits per heavy atom. The molecule has 1 fully saturated rings. The number of carbonyl (C=O) groups is 2. The highest BCUT2D eigenvalue weighted by atomic mass is 32.2. The normalized spacial score (nSPS) is 17.3. The van der Waals surface area contributed by atoms with E-state index in [0.717, 1.165) is 56.0 Å². The lowest BCUT2D eigenvalue weighted by atomic mass is 9.97. The molecule has 2 heterocycles. The number of hydrogen-bond acceptors (Lipinski definition) is 9. The highest BCUT2D eigenvalue weighted by Crippen LogP contribution is 2.41. The van der Waals surface area contributed by atoms with Gasteiger partial charge in [0.05, 0.1) is 18.8 Å². The number of amides is 1. The number of oxazole rings is 1. The van der Waals surface area contributed by atoms with Gasteiger partial charge in [-0.05, 0) is 34.7 Å². The average Bonchev–Trinajstić information content (AvgIpc) is 3.67. The number of carbonyl (C=O) groups excluding carboxylic acids is 2. The standard InChI is InChI=1S/C45H42N2O7S/c1-29(51-30(2)49)43(50)46-26-37-15-9-10-16-39(37)32-21-23-36(24-22-32)44-52-38(25-40(53-44)33-19-17-31(27-48)18-20-33)28-55-45-47-41(34-11-5-3-6-12-34)42(54-45)35-13-7-4-8-14-35/h3-24,29,38,40,44,48H,25-28H2,1-2H3,(H,46,50)/t29-,38-,40+,44+/m0/s1. The van der Waals surface area contributed by atoms with E-state index >= 15 is 0 Å². The van der Waals surface area contributed by atoms with Crippen molar-refractivity contribution in [3.05, 3.63) is 156 Å². The van der Waals surface area contributed by atoms with Gasteiger partial charge in [0.2, 0.25) is 0 Å². The van der Waals surface area contributed by atoms with E-state index in [4.69, 9.17) is 23.6 Å². The molecule has 1 aliphatic rings. The fraction of sp³-hybridized carbons (Fsp3) is 0.222. The van der Waals surface area contributed by atoms with Crippen molar-refractivity contribution >= 4 is 23.6 Å². The minimum atomic E-state index is -0.882. The van der Waals surface area contributed by atoms with E-state index in [9.17, 15) is 14.7 Å². The quantitative estimate of drug-likeness (QED) is 0.0879. The molecule has 0 bridgehead atoms. The van der Waals surface area contributed by atoms with Crippen LogP contribution in [0, 0.1) is 0 Å². The van der Waals surface area contributed by atoms with Crippen LogP contribution in [0.1, 0.15) is 54.9 Å². The molecule has 0 radical (unpaired) electrons. The first-order valence-corrected chi connectivity index (χ1v) is 19.2. The summed E-state index contributed by atoms with van der Waals surface area (Å²) in [6, 6.07) is 43.8. The fourth-order valence-electron chi connectivity index (χ4n) is 6.53. The lowest BCUT2D eigenvalue weighted by molar-refractivity contribution is -0.245. The van der Waals surface area contributed by atoms with E-state index in [2.05, 4.69) is 5.32 Å². The van der Waals surface area contributed by atoms with Crippen LogP contribution in [0.5, 0.6) is 0 Å². The number of aliphatic hydroxyl groups is 1. The van der Waals surface area contributed by atoms with Crippen LogP contribution in [0.3, 0.4) is 0 Å². The Morgan fingerprint density at radius 3 is 2.16 bits per heavy atom. The second kappa shape index (κ2) is 17.7. The monoisotopic (exact) mass is 754 g/mol. The van der Waals surface area contributed by atoms with Crippen molar-refractivity contribution in [1.29, 1.82) is 0 Å². The summed E-state index contributed by atoms with van der Waals surface area (Å²) in [5.74, 6) is 0.440. The second-order valence-electron chi connectivity index (χ2n) is 13.3. The molecule has 1 aliphatic heterocycles. The first kappa shape index (κ1) is 37.8. The van der Waals surface area contributed by atoms with Crippen LogP contribution in [0.15, 0.2) is 143 Å². The predicted octanol–water partition coefficient (Wildman–Crippen LogP) is 9.07. The molecule has 10 heteroatoms. The van der Waals surface area contributed by atoms with Crippen molar-refractivity contribution in [2.45, 2.75) is 63.2 Å². The number of thioether (sulfide) groups is 1. The number of aromatic nitrogens is 1. The average molecular weight is 755 g/mol. The van der Waals surface area contributed by atoms with Crippen molar-refractivity contribution in [1.82, 2.24) is 10.3 Å². The Kier molecular flexibility index (Phi) is 12.2. The van der Waals surface area contributed by atoms with Gasteiger partial charge < -0.3 is 29.1 Å². The summed E-state index contributed by atoms with van der Waals surface area (Å²) in [7, 11) is 0. The lowest BCUT2D eigenvalue weighted by Crippen LogP contribution is -2.35. The zero-order valence-electron chi connectivity index (χ0n) is 30.6. The summed E-state index contributed by atoms with van der Waals surface area (Å²) in [4.78, 5) is 28.8. The molecule has 0 spiro atoms. The molecule has 0 unspecified atom stereocenters. The predicted molar refractivity (Wildman–Crippen MR) is 211 cm³/mol. The number of benzene rings is 5. The Labute approximate surface area is 324 Å². The lowest BCUT2D eigenvalue weighted by Gasteiger charge is -2.36. The largest absolute Gasteiger partial charge is 0.453 e. The van der Waals surface area contributed by atoms with E-state index in [1.807, 2.05) is 133 Å². The van der Waals surface area contributed by atoms with E-state index in [0.29, 0.717) is 17.4 Å². The molecular weight excluding hydrogens is 713 g/mol. The highest BCUT2D eigenvalue weighted by molar-refractivity contribution is 7.99. The Bertz CT molecular complexity index is 2130. The third-order valence-corrected chi connectivity index (χ3v) is 10.3. The summed E-state index contributed by atoms with van der Waals surface area (Å²) in [6.07, 6.45) is -1.35. The molecule has 1 amide bonds. The van der Waals surface area contributed by atoms with Crippen LogP contribution in [-0.2, 0) is 37.0 Å². The van der Waals surface area contributed by atoms with Gasteiger partial charge in [-0.2, -0.15) is 0 Å². The zero-order chi connectivity index (χ0) is 38.1. The molecule has 5 aromatic carbocycles. The van der Waals surface area contributed by atoms with Gasteiger partial charge in [0, 0.05) is 42.3 Å². The van der Waals surface area contributed by atoms with Gasteiger partial charge in [0.15, 0.2) is 18.2 Å². The van der Waals surface area contributed by atoms with Crippen molar-refractivity contribution in [2.75, 3.05) is 5.75 Å². The molecule has 6 aromatic rings. The highest BCUT2D eigenvalue weighted by Gasteiger charge is 2.33. The maximum atomic E-state index is 12.5. The third kappa shape index (κ3) is 9.41. The van der Waals surface area contributed by atoms with Gasteiger partial charge in [-0.1, -0.05) is 145 Å². The molecule has 0 saturated carbocycles. The molecule has 9 nitrogen and oxygen atoms in total. The van der Waals surface area contributed by atoms with Gasteiger partial charge >= 0.3 is 5.97 Å². The van der Waals surface area contributed by atoms with E-state index in [-0.39, 0.29) is 31.3 Å². The Morgan fingerprint density at radius 1 is 0.818 bits per heavy atom. The maximum Gasteiger partial charge on any atom is 0.303 e. The summed E-state index contributed by atoms with van der Waals surface area (Å²) < 4.78 is 24.7. The number of nitrogens with one attached hydrogen (secondary N) is 1. The zero-order valence-corrected chi connectivity index (χ0v) is 31.4. The third-order valence-electron chi connectivity index (χ3n) is 9.37. The van der Waals surface area contributed by atoms with Crippen molar-refractivity contribution in [3.8, 4) is 33.7 Å². The van der Waals surface area contributed by atoms with E-state index in [1.165, 1.54) is 18.7 Å². The first-order chi connectivity index (χ1) is 26.8. The molecule has 1 saturated heterocycles. The SMILES string of the molecule is CC(=O)O[C@@H](C)C(=O)NCc1ccccc1-c1ccc([C@@H]2O[C@H](CSc3nc(-c4ccccc4)c(-c4ccccc4)o3)C[C@H](c3ccc(CO)cc3)O2)cc1. The molecule has 7 rings (SSSR count). The number of hydrogen-bond donors (Lipinski definition) is 2. The van der Waals surface area contributed by atoms with Crippen molar-refractivity contribution in [2.24, 2.45) is 0 Å². The summed E-state index contributed by atoms with van der Waals surface area (Å²) in [6.45, 7) is 3.07. The van der Waals surface area contributed by atoms with Crippen LogP contribution >= 0.6 is 11.8 Å². The van der Waals surface area contributed by atoms with Gasteiger partial charge in [-0.3, -0.25) is 9.59 Å². The molecule has 1 aromatic heterocycles. The minimum absolute atomic E-state index is 0.0296. The van der Waals surface area contributed by atoms with Gasteiger partial charge in [0.1, 0.15) is 5.69 Å². The number of nitrogens with zero attached hydrogens (tertiary/aromatic N) is 1. The summed E-state index contributed by atoms with van der Waals surface area (Å²) >= 11 is 1.52. The number of aliphatic hydroxyl groups excluding tert-OH is 1. The molecule has 0 aliphatic carbocycles. The van der Waals surface area contributed by atoms with Crippen molar-refractivity contribution < 1.29 is 33.3 Å². The molecule has 280 valence electrons. The van der Waals surface area contributed by atoms with Crippen LogP contribution in [0.2, 0.25) is 0 Å². The number of ether oxygens (including phenoxy) is 3. The Balaban J connectivity index is 1.10. The molecule has 2 N–H and O–H groups in total. The van der Waals surface area contributed by atoms with Gasteiger partial charge in [0.25, 0.3) is 11.1 Å². The van der Waals surface area contributed by atoms with Crippen LogP contribution in [-0.4, -0.2) is 39.9 Å². The van der Waals surface area contributed by atoms with E-state index < -0.39 is 18.4 Å². The molecule has 4 atom stereocenters. The fourth-order valence-corrected chi connectivity index (χ4v) is 7.37. The number of esters is 1. The van der Waals surface area contributed by atoms with Gasteiger partial charge in [-0.15, -0.1) is 0 Å². The summed E-state index contributed by atoms with van der Waals surface area (Å²) in [5.41, 5.74) is 8.29. The maximum absolute atomic E-state index is 12.5. The first-order valence-electron chi connectivity index (χ1n) is 18.2. The van der Waals surface area contributed by atoms with Crippen LogP contribution in [0.25, 0.3) is 33.7 Å². The van der Waals surface area contributed by atoms with E-state index in [1.54, 1.807) is 6.92 Å². The summed E-state index contributed by atoms with van der Waals surface area (Å²) in [5, 5.41) is 13.1. The molecule has 55 heavy (non-hydrogen) atoms.